The molecule has 3 heterocycles. The van der Waals surface area contributed by atoms with E-state index in [0.29, 0.717) is 13.1 Å². The van der Waals surface area contributed by atoms with Gasteiger partial charge in [0.15, 0.2) is 0 Å². The van der Waals surface area contributed by atoms with E-state index in [1.165, 1.54) is 30.9 Å². The monoisotopic (exact) mass is 366 g/mol. The molecule has 0 spiro atoms. The summed E-state index contributed by atoms with van der Waals surface area (Å²) >= 11 is 0. The van der Waals surface area contributed by atoms with E-state index in [4.69, 9.17) is 4.74 Å². The van der Waals surface area contributed by atoms with Crippen LogP contribution < -0.4 is 4.74 Å². The number of piperidine rings is 1. The molecule has 9 heteroatoms. The molecule has 0 N–H and O–H groups in total. The number of rotatable bonds is 4. The summed E-state index contributed by atoms with van der Waals surface area (Å²) in [6.45, 7) is 1.03. The molecule has 2 aromatic rings. The zero-order valence-corrected chi connectivity index (χ0v) is 13.8. The Hall–Kier alpha value is -2.71. The standard InChI is InChI=1S/C17H17F3N4O2/c18-17(19,20)13-4-1-5-23-15(13)26-11-12-3-2-8-24(10-12)16(25)14-9-21-6-7-22-14/h1,4-7,9,12H,2-3,8,10-11H2. The summed E-state index contributed by atoms with van der Waals surface area (Å²) in [6, 6.07) is 2.16. The van der Waals surface area contributed by atoms with Gasteiger partial charge in [0.1, 0.15) is 11.3 Å². The quantitative estimate of drug-likeness (QED) is 0.832. The maximum atomic E-state index is 13.0. The number of hydrogen-bond acceptors (Lipinski definition) is 5. The summed E-state index contributed by atoms with van der Waals surface area (Å²) < 4.78 is 44.3. The van der Waals surface area contributed by atoms with Crippen LogP contribution in [0.5, 0.6) is 5.88 Å². The lowest BCUT2D eigenvalue weighted by atomic mass is 9.98. The molecule has 1 aliphatic heterocycles. The van der Waals surface area contributed by atoms with Crippen LogP contribution in [-0.2, 0) is 6.18 Å². The molecule has 1 saturated heterocycles. The molecule has 138 valence electrons. The second kappa shape index (κ2) is 7.67. The van der Waals surface area contributed by atoms with Crippen LogP contribution in [0.3, 0.4) is 0 Å². The smallest absolute Gasteiger partial charge is 0.421 e. The summed E-state index contributed by atoms with van der Waals surface area (Å²) in [4.78, 5) is 25.6. The van der Waals surface area contributed by atoms with Crippen molar-refractivity contribution in [2.45, 2.75) is 19.0 Å². The predicted octanol–water partition coefficient (Wildman–Crippen LogP) is 2.82. The van der Waals surface area contributed by atoms with Crippen molar-refractivity contribution in [2.24, 2.45) is 5.92 Å². The lowest BCUT2D eigenvalue weighted by Gasteiger charge is -2.32. The second-order valence-electron chi connectivity index (χ2n) is 6.01. The third-order valence-electron chi connectivity index (χ3n) is 4.12. The van der Waals surface area contributed by atoms with E-state index >= 15 is 0 Å². The van der Waals surface area contributed by atoms with Gasteiger partial charge in [-0.1, -0.05) is 0 Å². The van der Waals surface area contributed by atoms with Gasteiger partial charge in [-0.25, -0.2) is 9.97 Å². The van der Waals surface area contributed by atoms with Gasteiger partial charge in [-0.2, -0.15) is 13.2 Å². The minimum atomic E-state index is -4.52. The van der Waals surface area contributed by atoms with Gasteiger partial charge in [0.25, 0.3) is 5.91 Å². The normalized spacial score (nSPS) is 17.8. The Morgan fingerprint density at radius 2 is 2.12 bits per heavy atom. The van der Waals surface area contributed by atoms with E-state index in [2.05, 4.69) is 15.0 Å². The largest absolute Gasteiger partial charge is 0.477 e. The molecule has 0 aliphatic carbocycles. The fourth-order valence-electron chi connectivity index (χ4n) is 2.88. The maximum Gasteiger partial charge on any atom is 0.421 e. The number of carbonyl (C=O) groups is 1. The van der Waals surface area contributed by atoms with E-state index in [0.717, 1.165) is 18.9 Å². The van der Waals surface area contributed by atoms with Crippen LogP contribution >= 0.6 is 0 Å². The minimum absolute atomic E-state index is 0.0599. The van der Waals surface area contributed by atoms with Gasteiger partial charge in [-0.15, -0.1) is 0 Å². The Morgan fingerprint density at radius 1 is 1.27 bits per heavy atom. The number of carbonyl (C=O) groups excluding carboxylic acids is 1. The number of alkyl halides is 3. The van der Waals surface area contributed by atoms with E-state index in [1.807, 2.05) is 0 Å². The van der Waals surface area contributed by atoms with Gasteiger partial charge in [0, 0.05) is 37.6 Å². The van der Waals surface area contributed by atoms with E-state index in [-0.39, 0.29) is 24.1 Å². The number of aromatic nitrogens is 3. The molecule has 1 unspecified atom stereocenters. The van der Waals surface area contributed by atoms with Crippen LogP contribution in [0, 0.1) is 5.92 Å². The van der Waals surface area contributed by atoms with Crippen LogP contribution in [0.4, 0.5) is 13.2 Å². The van der Waals surface area contributed by atoms with Crippen molar-refractivity contribution >= 4 is 5.91 Å². The third kappa shape index (κ3) is 4.27. The second-order valence-corrected chi connectivity index (χ2v) is 6.01. The molecule has 3 rings (SSSR count). The SMILES string of the molecule is O=C(c1cnccn1)N1CCCC(COc2ncccc2C(F)(F)F)C1. The van der Waals surface area contributed by atoms with Gasteiger partial charge in [0.05, 0.1) is 12.8 Å². The highest BCUT2D eigenvalue weighted by atomic mass is 19.4. The molecule has 6 nitrogen and oxygen atoms in total. The Bertz CT molecular complexity index is 755. The first kappa shape index (κ1) is 18.1. The van der Waals surface area contributed by atoms with Gasteiger partial charge in [-0.3, -0.25) is 9.78 Å². The number of likely N-dealkylation sites (tertiary alicyclic amines) is 1. The first-order valence-corrected chi connectivity index (χ1v) is 8.15. The molecule has 0 saturated carbocycles. The predicted molar refractivity (Wildman–Crippen MR) is 85.4 cm³/mol. The average molecular weight is 366 g/mol. The van der Waals surface area contributed by atoms with Crippen molar-refractivity contribution in [3.05, 3.63) is 48.2 Å². The van der Waals surface area contributed by atoms with Crippen LogP contribution in [0.2, 0.25) is 0 Å². The van der Waals surface area contributed by atoms with Crippen LogP contribution in [0.15, 0.2) is 36.9 Å². The summed E-state index contributed by atoms with van der Waals surface area (Å²) in [7, 11) is 0. The molecule has 1 atom stereocenters. The maximum absolute atomic E-state index is 13.0. The topological polar surface area (TPSA) is 68.2 Å². The summed E-state index contributed by atoms with van der Waals surface area (Å²) in [5.41, 5.74) is -0.651. The molecule has 0 radical (unpaired) electrons. The number of ether oxygens (including phenoxy) is 1. The zero-order chi connectivity index (χ0) is 18.6. The molecule has 1 aliphatic rings. The molecule has 0 aromatic carbocycles. The molecule has 26 heavy (non-hydrogen) atoms. The fraction of sp³-hybridized carbons (Fsp3) is 0.412. The summed E-state index contributed by atoms with van der Waals surface area (Å²) in [5, 5.41) is 0. The van der Waals surface area contributed by atoms with E-state index in [1.54, 1.807) is 4.90 Å². The summed E-state index contributed by atoms with van der Waals surface area (Å²) in [6.07, 6.45) is 2.56. The molecule has 2 aromatic heterocycles. The number of halogens is 3. The molecule has 1 amide bonds. The fourth-order valence-corrected chi connectivity index (χ4v) is 2.88. The molecule has 1 fully saturated rings. The first-order chi connectivity index (χ1) is 12.4. The number of nitrogens with zero attached hydrogens (tertiary/aromatic N) is 4. The number of amides is 1. The molecule has 0 bridgehead atoms. The van der Waals surface area contributed by atoms with Gasteiger partial charge >= 0.3 is 6.18 Å². The lowest BCUT2D eigenvalue weighted by molar-refractivity contribution is -0.139. The average Bonchev–Trinajstić information content (AvgIpc) is 2.66. The van der Waals surface area contributed by atoms with E-state index in [9.17, 15) is 18.0 Å². The Balaban J connectivity index is 1.62. The summed E-state index contributed by atoms with van der Waals surface area (Å²) in [5.74, 6) is -0.749. The van der Waals surface area contributed by atoms with Crippen molar-refractivity contribution in [3.63, 3.8) is 0 Å². The molecular weight excluding hydrogens is 349 g/mol. The highest BCUT2D eigenvalue weighted by Gasteiger charge is 2.35. The minimum Gasteiger partial charge on any atom is -0.477 e. The highest BCUT2D eigenvalue weighted by Crippen LogP contribution is 2.35. The first-order valence-electron chi connectivity index (χ1n) is 8.15. The Morgan fingerprint density at radius 3 is 2.85 bits per heavy atom. The zero-order valence-electron chi connectivity index (χ0n) is 13.8. The van der Waals surface area contributed by atoms with Gasteiger partial charge < -0.3 is 9.64 Å². The number of hydrogen-bond donors (Lipinski definition) is 0. The van der Waals surface area contributed by atoms with Crippen LogP contribution in [0.1, 0.15) is 28.9 Å². The van der Waals surface area contributed by atoms with E-state index < -0.39 is 17.6 Å². The molecular formula is C17H17F3N4O2. The Labute approximate surface area is 148 Å². The van der Waals surface area contributed by atoms with Crippen molar-refractivity contribution in [3.8, 4) is 5.88 Å². The van der Waals surface area contributed by atoms with Crippen molar-refractivity contribution in [1.82, 2.24) is 19.9 Å². The van der Waals surface area contributed by atoms with Crippen molar-refractivity contribution in [1.29, 1.82) is 0 Å². The highest BCUT2D eigenvalue weighted by molar-refractivity contribution is 5.92. The third-order valence-corrected chi connectivity index (χ3v) is 4.12. The lowest BCUT2D eigenvalue weighted by Crippen LogP contribution is -2.42. The number of pyridine rings is 1. The Kier molecular flexibility index (Phi) is 5.34. The van der Waals surface area contributed by atoms with Crippen molar-refractivity contribution < 1.29 is 22.7 Å². The van der Waals surface area contributed by atoms with Crippen LogP contribution in [0.25, 0.3) is 0 Å². The van der Waals surface area contributed by atoms with Gasteiger partial charge in [-0.05, 0) is 25.0 Å². The van der Waals surface area contributed by atoms with Gasteiger partial charge in [0.2, 0.25) is 5.88 Å². The van der Waals surface area contributed by atoms with Crippen molar-refractivity contribution in [2.75, 3.05) is 19.7 Å². The van der Waals surface area contributed by atoms with Crippen LogP contribution in [-0.4, -0.2) is 45.5 Å².